The molecule has 2 aromatic rings. The molecule has 0 fully saturated rings. The zero-order valence-corrected chi connectivity index (χ0v) is 14.2. The quantitative estimate of drug-likeness (QED) is 0.552. The highest BCUT2D eigenvalue weighted by atomic mass is 127. The van der Waals surface area contributed by atoms with Gasteiger partial charge in [-0.25, -0.2) is 9.37 Å². The molecule has 0 saturated heterocycles. The molecule has 0 unspecified atom stereocenters. The second-order valence-electron chi connectivity index (χ2n) is 5.70. The number of hydrogen-bond acceptors (Lipinski definition) is 2. The number of quaternary nitrogens is 1. The highest BCUT2D eigenvalue weighted by Gasteiger charge is 2.19. The highest BCUT2D eigenvalue weighted by Crippen LogP contribution is 2.27. The molecule has 0 aliphatic rings. The van der Waals surface area contributed by atoms with Crippen LogP contribution in [0.4, 0.5) is 4.39 Å². The van der Waals surface area contributed by atoms with Crippen molar-refractivity contribution in [3.8, 4) is 11.4 Å². The maximum absolute atomic E-state index is 13.5. The van der Waals surface area contributed by atoms with E-state index in [0.717, 1.165) is 22.4 Å². The maximum atomic E-state index is 13.5. The number of para-hydroxylation sites is 1. The Morgan fingerprint density at radius 1 is 1.30 bits per heavy atom. The second-order valence-corrected chi connectivity index (χ2v) is 5.70. The number of phenols is 1. The van der Waals surface area contributed by atoms with Gasteiger partial charge in [0, 0.05) is 0 Å². The van der Waals surface area contributed by atoms with Gasteiger partial charge in [0.2, 0.25) is 0 Å². The van der Waals surface area contributed by atoms with Gasteiger partial charge in [0.1, 0.15) is 18.6 Å². The number of aromatic nitrogens is 2. The van der Waals surface area contributed by atoms with Crippen molar-refractivity contribution in [2.75, 3.05) is 21.1 Å². The number of rotatable bonds is 3. The summed E-state index contributed by atoms with van der Waals surface area (Å²) in [5, 5.41) is 9.85. The lowest BCUT2D eigenvalue weighted by Gasteiger charge is -2.25. The highest BCUT2D eigenvalue weighted by molar-refractivity contribution is 5.48. The van der Waals surface area contributed by atoms with Gasteiger partial charge in [-0.2, -0.15) is 0 Å². The largest absolute Gasteiger partial charge is 1.00 e. The van der Waals surface area contributed by atoms with E-state index in [1.54, 1.807) is 23.0 Å². The third kappa shape index (κ3) is 3.49. The molecule has 0 bridgehead atoms. The summed E-state index contributed by atoms with van der Waals surface area (Å²) in [6.45, 7) is 2.65. The molecule has 1 N–H and O–H groups in total. The summed E-state index contributed by atoms with van der Waals surface area (Å²) in [6, 6.07) is 4.50. The lowest BCUT2D eigenvalue weighted by Crippen LogP contribution is -3.00. The summed E-state index contributed by atoms with van der Waals surface area (Å²) >= 11 is 0. The van der Waals surface area contributed by atoms with Gasteiger partial charge >= 0.3 is 0 Å². The molecule has 1 aromatic carbocycles. The normalized spacial score (nSPS) is 11.2. The molecule has 20 heavy (non-hydrogen) atoms. The van der Waals surface area contributed by atoms with Gasteiger partial charge in [-0.3, -0.25) is 4.57 Å². The minimum atomic E-state index is -0.625. The molecule has 0 spiro atoms. The van der Waals surface area contributed by atoms with E-state index in [1.807, 2.05) is 6.92 Å². The zero-order valence-electron chi connectivity index (χ0n) is 12.1. The Kier molecular flexibility index (Phi) is 5.15. The van der Waals surface area contributed by atoms with Crippen molar-refractivity contribution in [2.45, 2.75) is 13.5 Å². The van der Waals surface area contributed by atoms with Crippen molar-refractivity contribution in [1.82, 2.24) is 9.55 Å². The zero-order chi connectivity index (χ0) is 14.2. The first-order valence-corrected chi connectivity index (χ1v) is 6.11. The Morgan fingerprint density at radius 3 is 2.55 bits per heavy atom. The first-order valence-electron chi connectivity index (χ1n) is 6.11. The van der Waals surface area contributed by atoms with Crippen molar-refractivity contribution in [3.63, 3.8) is 0 Å². The fourth-order valence-corrected chi connectivity index (χ4v) is 2.01. The minimum absolute atomic E-state index is 0. The average Bonchev–Trinajstić information content (AvgIpc) is 2.63. The predicted molar refractivity (Wildman–Crippen MR) is 71.7 cm³/mol. The molecule has 0 aliphatic heterocycles. The van der Waals surface area contributed by atoms with Crippen LogP contribution in [0.25, 0.3) is 5.69 Å². The molecule has 6 heteroatoms. The summed E-state index contributed by atoms with van der Waals surface area (Å²) in [5.74, 6) is -0.970. The summed E-state index contributed by atoms with van der Waals surface area (Å²) in [6.07, 6.45) is 1.62. The number of phenolic OH excluding ortho intramolecular Hbond substituents is 1. The van der Waals surface area contributed by atoms with E-state index < -0.39 is 5.82 Å². The van der Waals surface area contributed by atoms with Crippen molar-refractivity contribution in [2.24, 2.45) is 0 Å². The van der Waals surface area contributed by atoms with Crippen LogP contribution in [0, 0.1) is 12.7 Å². The Hall–Kier alpha value is -1.15. The topological polar surface area (TPSA) is 38.0 Å². The molecule has 0 amide bonds. The van der Waals surface area contributed by atoms with E-state index >= 15 is 0 Å². The van der Waals surface area contributed by atoms with E-state index in [0.29, 0.717) is 5.69 Å². The summed E-state index contributed by atoms with van der Waals surface area (Å²) in [5.41, 5.74) is 2.27. The number of imidazole rings is 1. The molecule has 0 saturated carbocycles. The van der Waals surface area contributed by atoms with E-state index in [-0.39, 0.29) is 29.7 Å². The fourth-order valence-electron chi connectivity index (χ4n) is 2.01. The molecule has 0 radical (unpaired) electrons. The molecule has 0 atom stereocenters. The molecule has 4 nitrogen and oxygen atoms in total. The van der Waals surface area contributed by atoms with E-state index in [9.17, 15) is 9.50 Å². The lowest BCUT2D eigenvalue weighted by atomic mass is 10.2. The van der Waals surface area contributed by atoms with E-state index in [2.05, 4.69) is 26.1 Å². The maximum Gasteiger partial charge on any atom is 0.175 e. The number of aryl methyl sites for hydroxylation is 1. The smallest absolute Gasteiger partial charge is 0.175 e. The minimum Gasteiger partial charge on any atom is -1.00 e. The first-order chi connectivity index (χ1) is 8.79. The molecule has 1 heterocycles. The van der Waals surface area contributed by atoms with Crippen LogP contribution in [-0.4, -0.2) is 40.3 Å². The van der Waals surface area contributed by atoms with Gasteiger partial charge < -0.3 is 33.6 Å². The monoisotopic (exact) mass is 391 g/mol. The fraction of sp³-hybridized carbons (Fsp3) is 0.357. The Morgan fingerprint density at radius 2 is 1.95 bits per heavy atom. The van der Waals surface area contributed by atoms with Gasteiger partial charge in [0.05, 0.1) is 32.5 Å². The van der Waals surface area contributed by atoms with Crippen LogP contribution in [-0.2, 0) is 6.54 Å². The number of benzene rings is 1. The predicted octanol–water partition coefficient (Wildman–Crippen LogP) is -0.764. The Labute approximate surface area is 135 Å². The van der Waals surface area contributed by atoms with Crippen LogP contribution < -0.4 is 24.0 Å². The number of aromatic hydroxyl groups is 1. The Bertz CT molecular complexity index is 605. The first kappa shape index (κ1) is 16.9. The van der Waals surface area contributed by atoms with Gasteiger partial charge in [0.25, 0.3) is 0 Å². The SMILES string of the molecule is Cc1ncn(-c2cccc(F)c2O)c1C[N+](C)(C)C.[I-]. The number of hydrogen-bond donors (Lipinski definition) is 1. The average molecular weight is 391 g/mol. The number of nitrogens with zero attached hydrogens (tertiary/aromatic N) is 3. The van der Waals surface area contributed by atoms with Crippen LogP contribution in [0.3, 0.4) is 0 Å². The third-order valence-electron chi connectivity index (χ3n) is 2.92. The van der Waals surface area contributed by atoms with Crippen molar-refractivity contribution >= 4 is 0 Å². The van der Waals surface area contributed by atoms with Crippen LogP contribution in [0.15, 0.2) is 24.5 Å². The third-order valence-corrected chi connectivity index (χ3v) is 2.92. The molecule has 2 rings (SSSR count). The molecular formula is C14H19FIN3O. The van der Waals surface area contributed by atoms with Crippen molar-refractivity contribution < 1.29 is 38.0 Å². The second kappa shape index (κ2) is 6.09. The molecule has 1 aromatic heterocycles. The van der Waals surface area contributed by atoms with Crippen LogP contribution in [0.5, 0.6) is 5.75 Å². The molecule has 110 valence electrons. The van der Waals surface area contributed by atoms with Crippen LogP contribution in [0.1, 0.15) is 11.4 Å². The van der Waals surface area contributed by atoms with Crippen LogP contribution in [0.2, 0.25) is 0 Å². The van der Waals surface area contributed by atoms with Crippen molar-refractivity contribution in [3.05, 3.63) is 41.7 Å². The van der Waals surface area contributed by atoms with Gasteiger partial charge in [-0.1, -0.05) is 6.07 Å². The van der Waals surface area contributed by atoms with Gasteiger partial charge in [-0.15, -0.1) is 0 Å². The standard InChI is InChI=1S/C14H18FN3O.HI/c1-10-13(8-18(2,3)4)17(9-16-10)12-7-5-6-11(15)14(12)19;/h5-7,9H,8H2,1-4H3;1H. The molecule has 0 aliphatic carbocycles. The van der Waals surface area contributed by atoms with E-state index in [4.69, 9.17) is 0 Å². The summed E-state index contributed by atoms with van der Waals surface area (Å²) < 4.78 is 15.9. The van der Waals surface area contributed by atoms with Gasteiger partial charge in [0.15, 0.2) is 11.6 Å². The summed E-state index contributed by atoms with van der Waals surface area (Å²) in [4.78, 5) is 4.27. The van der Waals surface area contributed by atoms with Crippen LogP contribution >= 0.6 is 0 Å². The van der Waals surface area contributed by atoms with Crippen molar-refractivity contribution in [1.29, 1.82) is 0 Å². The van der Waals surface area contributed by atoms with E-state index in [1.165, 1.54) is 6.07 Å². The molecular weight excluding hydrogens is 372 g/mol. The lowest BCUT2D eigenvalue weighted by molar-refractivity contribution is -0.884. The summed E-state index contributed by atoms with van der Waals surface area (Å²) in [7, 11) is 6.21. The number of halogens is 2. The van der Waals surface area contributed by atoms with Gasteiger partial charge in [-0.05, 0) is 19.1 Å². The Balaban J connectivity index is 0.00000200.